The highest BCUT2D eigenvalue weighted by molar-refractivity contribution is 7.99. The molecule has 0 amide bonds. The molecule has 0 radical (unpaired) electrons. The lowest BCUT2D eigenvalue weighted by Crippen LogP contribution is -2.39. The van der Waals surface area contributed by atoms with Crippen molar-refractivity contribution in [1.82, 2.24) is 25.1 Å². The highest BCUT2D eigenvalue weighted by Gasteiger charge is 2.33. The van der Waals surface area contributed by atoms with Crippen LogP contribution in [0.15, 0.2) is 5.16 Å². The molecule has 2 aliphatic rings. The van der Waals surface area contributed by atoms with E-state index in [9.17, 15) is 4.79 Å². The van der Waals surface area contributed by atoms with E-state index in [4.69, 9.17) is 5.11 Å². The average Bonchev–Trinajstić information content (AvgIpc) is 3.04. The third kappa shape index (κ3) is 2.74. The van der Waals surface area contributed by atoms with Gasteiger partial charge >= 0.3 is 5.97 Å². The molecular formula is C11H17N5O2S. The summed E-state index contributed by atoms with van der Waals surface area (Å²) in [6.45, 7) is 2.31. The standard InChI is InChI=1S/C11H17N5O2S/c17-10(18)7-19-11-12-13-14-16(11)9-3-5-15-4-1-2-8(15)6-9/h8-9H,1-7H2,(H,17,18). The van der Waals surface area contributed by atoms with Gasteiger partial charge in [0.15, 0.2) is 0 Å². The Morgan fingerprint density at radius 1 is 1.37 bits per heavy atom. The predicted octanol–water partition coefficient (Wildman–Crippen LogP) is 0.649. The predicted molar refractivity (Wildman–Crippen MR) is 69.0 cm³/mol. The Kier molecular flexibility index (Phi) is 3.69. The summed E-state index contributed by atoms with van der Waals surface area (Å²) in [5.41, 5.74) is 0. The number of tetrazole rings is 1. The molecule has 0 bridgehead atoms. The lowest BCUT2D eigenvalue weighted by molar-refractivity contribution is -0.133. The maximum atomic E-state index is 10.6. The van der Waals surface area contributed by atoms with Crippen molar-refractivity contribution in [3.63, 3.8) is 0 Å². The van der Waals surface area contributed by atoms with E-state index < -0.39 is 5.97 Å². The van der Waals surface area contributed by atoms with Crippen LogP contribution in [0, 0.1) is 0 Å². The third-order valence-corrected chi connectivity index (χ3v) is 4.84. The van der Waals surface area contributed by atoms with Crippen LogP contribution < -0.4 is 0 Å². The average molecular weight is 283 g/mol. The number of carboxylic acids is 1. The number of hydrogen-bond acceptors (Lipinski definition) is 6. The van der Waals surface area contributed by atoms with Gasteiger partial charge in [0.05, 0.1) is 11.8 Å². The van der Waals surface area contributed by atoms with E-state index in [0.717, 1.165) is 19.4 Å². The number of piperidine rings is 1. The summed E-state index contributed by atoms with van der Waals surface area (Å²) >= 11 is 1.19. The molecule has 19 heavy (non-hydrogen) atoms. The van der Waals surface area contributed by atoms with Crippen LogP contribution in [0.5, 0.6) is 0 Å². The van der Waals surface area contributed by atoms with Gasteiger partial charge in [-0.15, -0.1) is 5.10 Å². The number of hydrogen-bond donors (Lipinski definition) is 1. The van der Waals surface area contributed by atoms with Crippen molar-refractivity contribution in [2.24, 2.45) is 0 Å². The van der Waals surface area contributed by atoms with Gasteiger partial charge in [-0.1, -0.05) is 11.8 Å². The van der Waals surface area contributed by atoms with Gasteiger partial charge in [-0.3, -0.25) is 4.79 Å². The van der Waals surface area contributed by atoms with Gasteiger partial charge in [0.25, 0.3) is 0 Å². The smallest absolute Gasteiger partial charge is 0.313 e. The molecule has 1 aromatic heterocycles. The molecule has 0 aromatic carbocycles. The normalized spacial score (nSPS) is 27.4. The van der Waals surface area contributed by atoms with Crippen LogP contribution in [0.25, 0.3) is 0 Å². The lowest BCUT2D eigenvalue weighted by atomic mass is 9.98. The van der Waals surface area contributed by atoms with E-state index in [0.29, 0.717) is 17.2 Å². The Bertz CT molecular complexity index is 466. The highest BCUT2D eigenvalue weighted by atomic mass is 32.2. The van der Waals surface area contributed by atoms with Gasteiger partial charge in [0.2, 0.25) is 5.16 Å². The minimum absolute atomic E-state index is 0.00263. The zero-order chi connectivity index (χ0) is 13.2. The van der Waals surface area contributed by atoms with Crippen LogP contribution in [0.3, 0.4) is 0 Å². The van der Waals surface area contributed by atoms with Crippen LogP contribution >= 0.6 is 11.8 Å². The van der Waals surface area contributed by atoms with Crippen LogP contribution in [0.1, 0.15) is 31.7 Å². The molecule has 0 spiro atoms. The fraction of sp³-hybridized carbons (Fsp3) is 0.818. The maximum Gasteiger partial charge on any atom is 0.313 e. The van der Waals surface area contributed by atoms with Crippen LogP contribution in [-0.2, 0) is 4.79 Å². The Morgan fingerprint density at radius 3 is 3.11 bits per heavy atom. The highest BCUT2D eigenvalue weighted by Crippen LogP contribution is 2.34. The zero-order valence-electron chi connectivity index (χ0n) is 10.6. The van der Waals surface area contributed by atoms with E-state index in [1.165, 1.54) is 31.1 Å². The molecule has 2 atom stereocenters. The first kappa shape index (κ1) is 12.9. The van der Waals surface area contributed by atoms with Crippen molar-refractivity contribution in [2.75, 3.05) is 18.8 Å². The van der Waals surface area contributed by atoms with Crippen molar-refractivity contribution >= 4 is 17.7 Å². The topological polar surface area (TPSA) is 84.1 Å². The summed E-state index contributed by atoms with van der Waals surface area (Å²) in [6, 6.07) is 0.964. The fourth-order valence-electron chi connectivity index (χ4n) is 3.06. The van der Waals surface area contributed by atoms with E-state index >= 15 is 0 Å². The summed E-state index contributed by atoms with van der Waals surface area (Å²) in [5.74, 6) is -0.840. The maximum absolute atomic E-state index is 10.6. The number of thioether (sulfide) groups is 1. The Labute approximate surface area is 115 Å². The second-order valence-electron chi connectivity index (χ2n) is 5.10. The second-order valence-corrected chi connectivity index (χ2v) is 6.04. The molecule has 0 saturated carbocycles. The number of aliphatic carboxylic acids is 1. The summed E-state index contributed by atoms with van der Waals surface area (Å²) in [4.78, 5) is 13.2. The van der Waals surface area contributed by atoms with Crippen LogP contribution in [-0.4, -0.2) is 61.1 Å². The molecule has 2 aliphatic heterocycles. The number of aromatic nitrogens is 4. The van der Waals surface area contributed by atoms with Crippen molar-refractivity contribution in [3.05, 3.63) is 0 Å². The molecule has 3 rings (SSSR count). The lowest BCUT2D eigenvalue weighted by Gasteiger charge is -2.34. The van der Waals surface area contributed by atoms with Gasteiger partial charge in [0.1, 0.15) is 0 Å². The molecule has 7 nitrogen and oxygen atoms in total. The van der Waals surface area contributed by atoms with E-state index in [1.54, 1.807) is 0 Å². The van der Waals surface area contributed by atoms with Crippen molar-refractivity contribution in [2.45, 2.75) is 42.9 Å². The van der Waals surface area contributed by atoms with E-state index in [-0.39, 0.29) is 5.75 Å². The first-order valence-corrected chi connectivity index (χ1v) is 7.59. The van der Waals surface area contributed by atoms with E-state index in [1.807, 2.05) is 4.68 Å². The minimum Gasteiger partial charge on any atom is -0.481 e. The van der Waals surface area contributed by atoms with Gasteiger partial charge in [-0.2, -0.15) is 0 Å². The van der Waals surface area contributed by atoms with Gasteiger partial charge in [-0.05, 0) is 42.7 Å². The Morgan fingerprint density at radius 2 is 2.26 bits per heavy atom. The molecule has 2 saturated heterocycles. The minimum atomic E-state index is -0.842. The first-order chi connectivity index (χ1) is 9.24. The zero-order valence-corrected chi connectivity index (χ0v) is 11.4. The SMILES string of the molecule is O=C(O)CSc1nnnn1C1CCN2CCCC2C1. The largest absolute Gasteiger partial charge is 0.481 e. The van der Waals surface area contributed by atoms with Crippen molar-refractivity contribution in [3.8, 4) is 0 Å². The van der Waals surface area contributed by atoms with Gasteiger partial charge < -0.3 is 10.0 Å². The molecule has 2 fully saturated rings. The number of carboxylic acid groups (broad SMARTS) is 1. The van der Waals surface area contributed by atoms with Crippen LogP contribution in [0.4, 0.5) is 0 Å². The quantitative estimate of drug-likeness (QED) is 0.812. The molecule has 3 heterocycles. The van der Waals surface area contributed by atoms with E-state index in [2.05, 4.69) is 20.4 Å². The molecular weight excluding hydrogens is 266 g/mol. The molecule has 8 heteroatoms. The third-order valence-electron chi connectivity index (χ3n) is 3.93. The monoisotopic (exact) mass is 283 g/mol. The second kappa shape index (κ2) is 5.46. The molecule has 1 N–H and O–H groups in total. The van der Waals surface area contributed by atoms with Crippen LogP contribution in [0.2, 0.25) is 0 Å². The fourth-order valence-corrected chi connectivity index (χ4v) is 3.73. The van der Waals surface area contributed by atoms with Gasteiger partial charge in [-0.25, -0.2) is 4.68 Å². The summed E-state index contributed by atoms with van der Waals surface area (Å²) in [5, 5.41) is 21.0. The van der Waals surface area contributed by atoms with Crippen molar-refractivity contribution < 1.29 is 9.90 Å². The number of carbonyl (C=O) groups is 1. The van der Waals surface area contributed by atoms with Crippen molar-refractivity contribution in [1.29, 1.82) is 0 Å². The summed E-state index contributed by atoms with van der Waals surface area (Å²) < 4.78 is 1.82. The van der Waals surface area contributed by atoms with Gasteiger partial charge in [0, 0.05) is 12.6 Å². The Hall–Kier alpha value is -1.15. The molecule has 104 valence electrons. The molecule has 1 aromatic rings. The summed E-state index contributed by atoms with van der Waals surface area (Å²) in [6.07, 6.45) is 4.66. The number of fused-ring (bicyclic) bond motifs is 1. The first-order valence-electron chi connectivity index (χ1n) is 6.60. The number of rotatable bonds is 4. The molecule has 2 unspecified atom stereocenters. The Balaban J connectivity index is 1.68. The summed E-state index contributed by atoms with van der Waals surface area (Å²) in [7, 11) is 0. The molecule has 0 aliphatic carbocycles. The number of nitrogens with zero attached hydrogens (tertiary/aromatic N) is 5.